The number of Topliss-reactive ketones (excluding diaryl/α,β-unsaturated/α-hetero) is 1. The molecule has 4 rings (SSSR count). The van der Waals surface area contributed by atoms with Gasteiger partial charge < -0.3 is 10.5 Å². The molecule has 0 aliphatic heterocycles. The van der Waals surface area contributed by atoms with Gasteiger partial charge in [0, 0.05) is 29.5 Å². The Morgan fingerprint density at radius 1 is 1.21 bits per heavy atom. The lowest BCUT2D eigenvalue weighted by Crippen LogP contribution is -2.57. The Labute approximate surface area is 197 Å². The third-order valence-electron chi connectivity index (χ3n) is 9.39. The molecule has 4 saturated carbocycles. The number of nitrogens with zero attached hydrogens (tertiary/aromatic N) is 1. The Bertz CT molecular complexity index is 819. The van der Waals surface area contributed by atoms with E-state index in [0.29, 0.717) is 42.1 Å². The number of rotatable bonds is 5. The van der Waals surface area contributed by atoms with E-state index >= 15 is 0 Å². The van der Waals surface area contributed by atoms with E-state index in [1.54, 1.807) is 11.8 Å². The maximum absolute atomic E-state index is 13.1. The molecule has 9 heteroatoms. The van der Waals surface area contributed by atoms with E-state index in [0.717, 1.165) is 37.8 Å². The molecule has 33 heavy (non-hydrogen) atoms. The summed E-state index contributed by atoms with van der Waals surface area (Å²) in [4.78, 5) is 24.1. The predicted molar refractivity (Wildman–Crippen MR) is 121 cm³/mol. The standard InChI is InChI=1S/C24H35F3N2O3S/c1-22-8-4-3-6-16(22)17(29-32)12-14-15(22)7-9-23(2)19(30)13-18(20(14)23)33-11-5-10-28-21(31)24(25,26)27/h14-16,18,20,32H,3-13H2,1-2H3,(H,28,31)/b29-17-/t14-,15+,16-,18?,20-,22-,23-/m1/s1. The molecule has 7 atom stereocenters. The number of fused-ring (bicyclic) bond motifs is 5. The number of oxime groups is 1. The van der Waals surface area contributed by atoms with E-state index in [2.05, 4.69) is 19.0 Å². The average molecular weight is 489 g/mol. The van der Waals surface area contributed by atoms with Crippen molar-refractivity contribution < 1.29 is 28.0 Å². The van der Waals surface area contributed by atoms with Crippen LogP contribution in [0.5, 0.6) is 0 Å². The topological polar surface area (TPSA) is 78.8 Å². The third-order valence-corrected chi connectivity index (χ3v) is 10.8. The van der Waals surface area contributed by atoms with Crippen molar-refractivity contribution in [1.29, 1.82) is 0 Å². The molecule has 4 aliphatic carbocycles. The highest BCUT2D eigenvalue weighted by Crippen LogP contribution is 2.66. The first-order valence-electron chi connectivity index (χ1n) is 12.2. The SMILES string of the molecule is C[C@]12CCCC[C@@H]1/C(=N\O)C[C@@H]1[C@@H]2CC[C@]2(C)C(=O)CC(SCCCNC(=O)C(F)(F)F)[C@@H]12. The van der Waals surface area contributed by atoms with Crippen molar-refractivity contribution in [2.45, 2.75) is 83.1 Å². The largest absolute Gasteiger partial charge is 0.471 e. The predicted octanol–water partition coefficient (Wildman–Crippen LogP) is 5.21. The Kier molecular flexibility index (Phi) is 6.84. The first kappa shape index (κ1) is 24.9. The van der Waals surface area contributed by atoms with E-state index in [9.17, 15) is 28.0 Å². The molecule has 1 amide bonds. The number of ketones is 1. The van der Waals surface area contributed by atoms with Crippen molar-refractivity contribution >= 4 is 29.2 Å². The minimum atomic E-state index is -4.86. The van der Waals surface area contributed by atoms with Crippen molar-refractivity contribution in [3.8, 4) is 0 Å². The molecule has 5 nitrogen and oxygen atoms in total. The van der Waals surface area contributed by atoms with Crippen LogP contribution in [0.15, 0.2) is 5.16 Å². The van der Waals surface area contributed by atoms with Crippen molar-refractivity contribution in [3.05, 3.63) is 0 Å². The Hall–Kier alpha value is -1.25. The molecule has 0 spiro atoms. The number of hydrogen-bond donors (Lipinski definition) is 2. The molecular weight excluding hydrogens is 453 g/mol. The summed E-state index contributed by atoms with van der Waals surface area (Å²) < 4.78 is 37.1. The zero-order valence-electron chi connectivity index (χ0n) is 19.4. The number of hydrogen-bond acceptors (Lipinski definition) is 5. The highest BCUT2D eigenvalue weighted by Gasteiger charge is 2.63. The Balaban J connectivity index is 1.47. The fourth-order valence-corrected chi connectivity index (χ4v) is 9.41. The second kappa shape index (κ2) is 9.08. The van der Waals surface area contributed by atoms with E-state index in [1.165, 1.54) is 12.8 Å². The third kappa shape index (κ3) is 4.31. The van der Waals surface area contributed by atoms with Crippen LogP contribution >= 0.6 is 11.8 Å². The van der Waals surface area contributed by atoms with Crippen LogP contribution in [-0.4, -0.2) is 46.3 Å². The van der Waals surface area contributed by atoms with E-state index in [-0.39, 0.29) is 28.5 Å². The van der Waals surface area contributed by atoms with Crippen LogP contribution in [0.2, 0.25) is 0 Å². The van der Waals surface area contributed by atoms with Crippen molar-refractivity contribution in [1.82, 2.24) is 5.32 Å². The number of amides is 1. The van der Waals surface area contributed by atoms with Crippen LogP contribution in [0.25, 0.3) is 0 Å². The van der Waals surface area contributed by atoms with Gasteiger partial charge in [-0.2, -0.15) is 24.9 Å². The average Bonchev–Trinajstić information content (AvgIpc) is 3.01. The summed E-state index contributed by atoms with van der Waals surface area (Å²) in [7, 11) is 0. The normalized spacial score (nSPS) is 41.9. The van der Waals surface area contributed by atoms with Gasteiger partial charge in [-0.3, -0.25) is 9.59 Å². The summed E-state index contributed by atoms with van der Waals surface area (Å²) in [6.07, 6.45) is 3.30. The molecule has 0 aromatic carbocycles. The van der Waals surface area contributed by atoms with Gasteiger partial charge in [-0.15, -0.1) is 0 Å². The molecule has 0 bridgehead atoms. The second-order valence-electron chi connectivity index (χ2n) is 11.0. The summed E-state index contributed by atoms with van der Waals surface area (Å²) >= 11 is 1.67. The number of carbonyl (C=O) groups is 2. The molecule has 0 radical (unpaired) electrons. The summed E-state index contributed by atoms with van der Waals surface area (Å²) in [6.45, 7) is 4.44. The van der Waals surface area contributed by atoms with E-state index in [4.69, 9.17) is 0 Å². The monoisotopic (exact) mass is 488 g/mol. The molecule has 4 aliphatic rings. The summed E-state index contributed by atoms with van der Waals surface area (Å²) in [6, 6.07) is 0. The van der Waals surface area contributed by atoms with Crippen LogP contribution in [-0.2, 0) is 9.59 Å². The second-order valence-corrected chi connectivity index (χ2v) is 12.3. The minimum Gasteiger partial charge on any atom is -0.411 e. The molecule has 4 fully saturated rings. The zero-order chi connectivity index (χ0) is 24.0. The number of thioether (sulfide) groups is 1. The van der Waals surface area contributed by atoms with Crippen LogP contribution in [0, 0.1) is 34.5 Å². The molecule has 1 unspecified atom stereocenters. The van der Waals surface area contributed by atoms with Crippen LogP contribution < -0.4 is 5.32 Å². The molecule has 2 N–H and O–H groups in total. The lowest BCUT2D eigenvalue weighted by molar-refractivity contribution is -0.173. The fourth-order valence-electron chi connectivity index (χ4n) is 7.82. The van der Waals surface area contributed by atoms with E-state index in [1.807, 2.05) is 5.32 Å². The van der Waals surface area contributed by atoms with Gasteiger partial charge in [0.2, 0.25) is 0 Å². The van der Waals surface area contributed by atoms with Gasteiger partial charge >= 0.3 is 12.1 Å². The Morgan fingerprint density at radius 3 is 2.67 bits per heavy atom. The van der Waals surface area contributed by atoms with Gasteiger partial charge in [-0.1, -0.05) is 31.8 Å². The molecule has 0 heterocycles. The number of nitrogens with one attached hydrogen (secondary N) is 1. The van der Waals surface area contributed by atoms with Crippen LogP contribution in [0.3, 0.4) is 0 Å². The van der Waals surface area contributed by atoms with Gasteiger partial charge in [-0.05, 0) is 67.4 Å². The van der Waals surface area contributed by atoms with Crippen LogP contribution in [0.1, 0.15) is 71.6 Å². The van der Waals surface area contributed by atoms with Gasteiger partial charge in [0.15, 0.2) is 0 Å². The maximum Gasteiger partial charge on any atom is 0.471 e. The van der Waals surface area contributed by atoms with Gasteiger partial charge in [-0.25, -0.2) is 0 Å². The summed E-state index contributed by atoms with van der Waals surface area (Å²) in [5.41, 5.74) is 0.634. The molecular formula is C24H35F3N2O3S. The smallest absolute Gasteiger partial charge is 0.411 e. The Morgan fingerprint density at radius 2 is 1.97 bits per heavy atom. The quantitative estimate of drug-likeness (QED) is 0.316. The van der Waals surface area contributed by atoms with Crippen LogP contribution in [0.4, 0.5) is 13.2 Å². The summed E-state index contributed by atoms with van der Waals surface area (Å²) in [5.74, 6) is 0.305. The molecule has 0 aromatic heterocycles. The van der Waals surface area contributed by atoms with Crippen molar-refractivity contribution in [2.75, 3.05) is 12.3 Å². The fraction of sp³-hybridized carbons (Fsp3) is 0.875. The van der Waals surface area contributed by atoms with Gasteiger partial charge in [0.05, 0.1) is 5.71 Å². The van der Waals surface area contributed by atoms with Gasteiger partial charge in [0.1, 0.15) is 5.78 Å². The number of carbonyl (C=O) groups excluding carboxylic acids is 2. The first-order chi connectivity index (χ1) is 15.5. The highest BCUT2D eigenvalue weighted by molar-refractivity contribution is 7.99. The number of alkyl halides is 3. The lowest BCUT2D eigenvalue weighted by atomic mass is 9.45. The van der Waals surface area contributed by atoms with Crippen molar-refractivity contribution in [2.24, 2.45) is 39.7 Å². The summed E-state index contributed by atoms with van der Waals surface area (Å²) in [5, 5.41) is 15.7. The maximum atomic E-state index is 13.1. The number of halogens is 3. The highest BCUT2D eigenvalue weighted by atomic mass is 32.2. The molecule has 0 aromatic rings. The minimum absolute atomic E-state index is 0.0267. The van der Waals surface area contributed by atoms with E-state index < -0.39 is 12.1 Å². The van der Waals surface area contributed by atoms with Gasteiger partial charge in [0.25, 0.3) is 0 Å². The van der Waals surface area contributed by atoms with Crippen molar-refractivity contribution in [3.63, 3.8) is 0 Å². The molecule has 0 saturated heterocycles. The lowest BCUT2D eigenvalue weighted by Gasteiger charge is -2.60. The first-order valence-corrected chi connectivity index (χ1v) is 13.3. The molecule has 186 valence electrons. The zero-order valence-corrected chi connectivity index (χ0v) is 20.2.